The van der Waals surface area contributed by atoms with E-state index in [0.29, 0.717) is 0 Å². The Bertz CT molecular complexity index is 608. The molecule has 40 heavy (non-hydrogen) atoms. The standard InChI is InChI=1S/3C8H19O2P.C4H10O3/c3*1-5-7(3)11(9,10)8(4)6-2;5-2-1-4(7)3-6/h3*7-8H,5-6H2,1-4H3,(H,9,10);4-7H,1-3H2. The van der Waals surface area contributed by atoms with Crippen molar-refractivity contribution >= 4 is 22.1 Å². The molecule has 7 atom stereocenters. The molecule has 248 valence electrons. The first-order valence-electron chi connectivity index (χ1n) is 15.1. The van der Waals surface area contributed by atoms with Crippen LogP contribution in [0.2, 0.25) is 0 Å². The number of hydrogen-bond donors (Lipinski definition) is 6. The molecule has 0 saturated heterocycles. The molecule has 12 heteroatoms. The van der Waals surface area contributed by atoms with Gasteiger partial charge in [-0.3, -0.25) is 13.7 Å². The van der Waals surface area contributed by atoms with E-state index in [1.54, 1.807) is 0 Å². The van der Waals surface area contributed by atoms with Crippen LogP contribution in [0, 0.1) is 0 Å². The summed E-state index contributed by atoms with van der Waals surface area (Å²) in [5.41, 5.74) is -0.264. The van der Waals surface area contributed by atoms with Gasteiger partial charge in [-0.1, -0.05) is 83.1 Å². The van der Waals surface area contributed by atoms with Gasteiger partial charge in [0.1, 0.15) is 0 Å². The average Bonchev–Trinajstić information content (AvgIpc) is 2.94. The Kier molecular flexibility index (Phi) is 29.4. The van der Waals surface area contributed by atoms with E-state index in [2.05, 4.69) is 0 Å². The summed E-state index contributed by atoms with van der Waals surface area (Å²) in [6, 6.07) is 0. The van der Waals surface area contributed by atoms with Crippen LogP contribution in [0.5, 0.6) is 0 Å². The van der Waals surface area contributed by atoms with E-state index < -0.39 is 28.2 Å². The van der Waals surface area contributed by atoms with Gasteiger partial charge in [-0.05, 0) is 44.9 Å². The molecule has 7 unspecified atom stereocenters. The topological polar surface area (TPSA) is 173 Å². The van der Waals surface area contributed by atoms with Crippen molar-refractivity contribution in [2.45, 2.75) is 168 Å². The molecule has 0 aromatic heterocycles. The van der Waals surface area contributed by atoms with E-state index in [9.17, 15) is 28.4 Å². The van der Waals surface area contributed by atoms with Crippen LogP contribution in [0.25, 0.3) is 0 Å². The lowest BCUT2D eigenvalue weighted by atomic mass is 10.3. The van der Waals surface area contributed by atoms with Crippen molar-refractivity contribution < 1.29 is 43.7 Å². The molecule has 0 spiro atoms. The molecule has 0 fully saturated rings. The third-order valence-electron chi connectivity index (χ3n) is 8.01. The summed E-state index contributed by atoms with van der Waals surface area (Å²) in [6.07, 6.45) is 4.25. The SMILES string of the molecule is CCC(C)P(=O)(O)C(C)CC.CCC(C)P(=O)(O)C(C)CC.CCC(C)P(=O)(O)C(C)CC.OCCC(O)CO. The Hall–Kier alpha value is 0.450. The van der Waals surface area contributed by atoms with Crippen molar-refractivity contribution in [1.82, 2.24) is 0 Å². The lowest BCUT2D eigenvalue weighted by Gasteiger charge is -2.23. The zero-order valence-electron chi connectivity index (χ0n) is 27.7. The largest absolute Gasteiger partial charge is 0.396 e. The highest BCUT2D eigenvalue weighted by Crippen LogP contribution is 2.54. The third kappa shape index (κ3) is 18.9. The molecule has 6 N–H and O–H groups in total. The van der Waals surface area contributed by atoms with Crippen molar-refractivity contribution in [3.8, 4) is 0 Å². The summed E-state index contributed by atoms with van der Waals surface area (Å²) in [7, 11) is -8.62. The fraction of sp³-hybridized carbons (Fsp3) is 1.00. The fourth-order valence-electron chi connectivity index (χ4n) is 3.11. The Labute approximate surface area is 247 Å². The first kappa shape index (κ1) is 47.4. The predicted molar refractivity (Wildman–Crippen MR) is 173 cm³/mol. The fourth-order valence-corrected chi connectivity index (χ4v) is 8.86. The van der Waals surface area contributed by atoms with Crippen LogP contribution in [-0.2, 0) is 13.7 Å². The van der Waals surface area contributed by atoms with Crippen LogP contribution in [0.3, 0.4) is 0 Å². The van der Waals surface area contributed by atoms with Crippen molar-refractivity contribution in [3.63, 3.8) is 0 Å². The molecule has 0 heterocycles. The normalized spacial score (nSPS) is 20.9. The van der Waals surface area contributed by atoms with Crippen LogP contribution >= 0.6 is 22.1 Å². The first-order chi connectivity index (χ1) is 18.2. The average molecular weight is 641 g/mol. The van der Waals surface area contributed by atoms with E-state index in [4.69, 9.17) is 15.3 Å². The van der Waals surface area contributed by atoms with Crippen LogP contribution in [-0.4, -0.2) is 83.3 Å². The Morgan fingerprint density at radius 1 is 0.475 bits per heavy atom. The smallest absolute Gasteiger partial charge is 0.206 e. The summed E-state index contributed by atoms with van der Waals surface area (Å²) < 4.78 is 34.9. The number of rotatable bonds is 15. The van der Waals surface area contributed by atoms with Crippen molar-refractivity contribution in [1.29, 1.82) is 0 Å². The van der Waals surface area contributed by atoms with Gasteiger partial charge < -0.3 is 30.0 Å². The quantitative estimate of drug-likeness (QED) is 0.101. The minimum absolute atomic E-state index is 0.0440. The zero-order valence-corrected chi connectivity index (χ0v) is 30.3. The second kappa shape index (κ2) is 24.8. The molecule has 0 amide bonds. The Morgan fingerprint density at radius 3 is 0.725 bits per heavy atom. The maximum absolute atomic E-state index is 11.6. The molecular weight excluding hydrogens is 573 g/mol. The minimum atomic E-state index is -2.87. The van der Waals surface area contributed by atoms with Gasteiger partial charge in [0.2, 0.25) is 22.1 Å². The second-order valence-electron chi connectivity index (χ2n) is 10.9. The van der Waals surface area contributed by atoms with E-state index in [-0.39, 0.29) is 53.6 Å². The van der Waals surface area contributed by atoms with E-state index in [1.165, 1.54) is 0 Å². The van der Waals surface area contributed by atoms with Crippen LogP contribution in [0.4, 0.5) is 0 Å². The Balaban J connectivity index is -0.000000219. The van der Waals surface area contributed by atoms with Gasteiger partial charge in [0.15, 0.2) is 0 Å². The molecule has 9 nitrogen and oxygen atoms in total. The van der Waals surface area contributed by atoms with Gasteiger partial charge in [-0.25, -0.2) is 0 Å². The maximum Gasteiger partial charge on any atom is 0.206 e. The molecule has 0 aliphatic heterocycles. The monoisotopic (exact) mass is 640 g/mol. The van der Waals surface area contributed by atoms with Gasteiger partial charge in [0, 0.05) is 40.6 Å². The highest BCUT2D eigenvalue weighted by Gasteiger charge is 2.32. The third-order valence-corrected chi connectivity index (χ3v) is 17.8. The number of aliphatic hydroxyl groups is 3. The predicted octanol–water partition coefficient (Wildman–Crippen LogP) is 7.28. The van der Waals surface area contributed by atoms with E-state index >= 15 is 0 Å². The van der Waals surface area contributed by atoms with Gasteiger partial charge in [-0.2, -0.15) is 0 Å². The maximum atomic E-state index is 11.6. The molecule has 0 radical (unpaired) electrons. The van der Waals surface area contributed by atoms with Gasteiger partial charge >= 0.3 is 0 Å². The van der Waals surface area contributed by atoms with E-state index in [1.807, 2.05) is 83.1 Å². The van der Waals surface area contributed by atoms with Crippen LogP contribution < -0.4 is 0 Å². The molecule has 0 aliphatic rings. The van der Waals surface area contributed by atoms with Gasteiger partial charge in [0.25, 0.3) is 0 Å². The first-order valence-corrected chi connectivity index (χ1v) is 20.5. The summed E-state index contributed by atoms with van der Waals surface area (Å²) >= 11 is 0. The lowest BCUT2D eigenvalue weighted by Crippen LogP contribution is -2.12. The van der Waals surface area contributed by atoms with Crippen LogP contribution in [0.15, 0.2) is 0 Å². The molecular formula is C28H67O9P3. The highest BCUT2D eigenvalue weighted by molar-refractivity contribution is 7.60. The molecule has 0 aromatic rings. The van der Waals surface area contributed by atoms with Gasteiger partial charge in [-0.15, -0.1) is 0 Å². The molecule has 0 saturated carbocycles. The molecule has 0 aliphatic carbocycles. The number of aliphatic hydroxyl groups excluding tert-OH is 3. The van der Waals surface area contributed by atoms with Crippen molar-refractivity contribution in [3.05, 3.63) is 0 Å². The number of hydrogen-bond acceptors (Lipinski definition) is 6. The second-order valence-corrected chi connectivity index (χ2v) is 20.2. The van der Waals surface area contributed by atoms with Gasteiger partial charge in [0.05, 0.1) is 12.7 Å². The van der Waals surface area contributed by atoms with Crippen LogP contribution in [0.1, 0.15) is 128 Å². The van der Waals surface area contributed by atoms with E-state index in [0.717, 1.165) is 38.5 Å². The Morgan fingerprint density at radius 2 is 0.650 bits per heavy atom. The lowest BCUT2D eigenvalue weighted by molar-refractivity contribution is 0.0721. The zero-order chi connectivity index (χ0) is 32.9. The van der Waals surface area contributed by atoms with Crippen molar-refractivity contribution in [2.24, 2.45) is 0 Å². The highest BCUT2D eigenvalue weighted by atomic mass is 31.2. The minimum Gasteiger partial charge on any atom is -0.396 e. The summed E-state index contributed by atoms with van der Waals surface area (Å²) in [4.78, 5) is 28.8. The summed E-state index contributed by atoms with van der Waals surface area (Å²) in [5.74, 6) is 0. The van der Waals surface area contributed by atoms with Crippen molar-refractivity contribution in [2.75, 3.05) is 13.2 Å². The molecule has 0 bridgehead atoms. The summed E-state index contributed by atoms with van der Waals surface area (Å²) in [5, 5.41) is 24.6. The molecule has 0 aromatic carbocycles. The summed E-state index contributed by atoms with van der Waals surface area (Å²) in [6.45, 7) is 22.5. The molecule has 0 rings (SSSR count).